The maximum absolute atomic E-state index is 13.2. The minimum atomic E-state index is -3.65. The van der Waals surface area contributed by atoms with Gasteiger partial charge >= 0.3 is 0 Å². The van der Waals surface area contributed by atoms with Crippen LogP contribution in [0.5, 0.6) is 0 Å². The SMILES string of the molecule is Cc1ccc(C)c(NC(=O)CSc2nnc(CN(c3ccc(F)cc3)S(C)(=O)=O)n2C)c1. The molecule has 170 valence electrons. The fourth-order valence-electron chi connectivity index (χ4n) is 2.93. The second-order valence-corrected chi connectivity index (χ2v) is 10.2. The van der Waals surface area contributed by atoms with Crippen molar-refractivity contribution in [1.29, 1.82) is 0 Å². The Morgan fingerprint density at radius 3 is 2.50 bits per heavy atom. The van der Waals surface area contributed by atoms with Crippen molar-refractivity contribution in [3.05, 3.63) is 65.2 Å². The number of thioether (sulfide) groups is 1. The summed E-state index contributed by atoms with van der Waals surface area (Å²) in [7, 11) is -1.95. The standard InChI is InChI=1S/C21H24FN5O3S2/c1-14-5-6-15(2)18(11-14)23-20(28)13-31-21-25-24-19(26(21)3)12-27(32(4,29)30)17-9-7-16(22)8-10-17/h5-11H,12-13H2,1-4H3,(H,23,28). The molecule has 1 N–H and O–H groups in total. The van der Waals surface area contributed by atoms with Gasteiger partial charge in [-0.15, -0.1) is 10.2 Å². The molecule has 3 rings (SSSR count). The zero-order valence-corrected chi connectivity index (χ0v) is 19.8. The van der Waals surface area contributed by atoms with Gasteiger partial charge in [-0.2, -0.15) is 0 Å². The summed E-state index contributed by atoms with van der Waals surface area (Å²) in [6.07, 6.45) is 1.07. The van der Waals surface area contributed by atoms with Gasteiger partial charge in [0, 0.05) is 12.7 Å². The number of amides is 1. The predicted molar refractivity (Wildman–Crippen MR) is 124 cm³/mol. The third-order valence-corrected chi connectivity index (χ3v) is 6.89. The van der Waals surface area contributed by atoms with Crippen LogP contribution in [0.2, 0.25) is 0 Å². The number of carbonyl (C=O) groups excluding carboxylic acids is 1. The van der Waals surface area contributed by atoms with E-state index in [0.29, 0.717) is 16.7 Å². The summed E-state index contributed by atoms with van der Waals surface area (Å²) in [5, 5.41) is 11.5. The molecule has 32 heavy (non-hydrogen) atoms. The van der Waals surface area contributed by atoms with Crippen molar-refractivity contribution in [3.63, 3.8) is 0 Å². The number of rotatable bonds is 8. The van der Waals surface area contributed by atoms with Gasteiger partial charge in [0.25, 0.3) is 0 Å². The number of anilines is 2. The van der Waals surface area contributed by atoms with Crippen molar-refractivity contribution in [2.75, 3.05) is 21.6 Å². The molecule has 8 nitrogen and oxygen atoms in total. The molecule has 0 aliphatic rings. The summed E-state index contributed by atoms with van der Waals surface area (Å²) in [5.41, 5.74) is 3.10. The molecule has 0 saturated carbocycles. The van der Waals surface area contributed by atoms with Gasteiger partial charge in [0.2, 0.25) is 15.9 Å². The lowest BCUT2D eigenvalue weighted by molar-refractivity contribution is -0.113. The van der Waals surface area contributed by atoms with E-state index in [1.54, 1.807) is 11.6 Å². The Bertz CT molecular complexity index is 1230. The first-order valence-electron chi connectivity index (χ1n) is 9.66. The van der Waals surface area contributed by atoms with Crippen molar-refractivity contribution >= 4 is 39.1 Å². The third-order valence-electron chi connectivity index (χ3n) is 4.72. The molecule has 0 bridgehead atoms. The van der Waals surface area contributed by atoms with Crippen LogP contribution in [0.4, 0.5) is 15.8 Å². The molecule has 1 aromatic heterocycles. The zero-order chi connectivity index (χ0) is 23.5. The summed E-state index contributed by atoms with van der Waals surface area (Å²) in [6.45, 7) is 3.80. The number of benzene rings is 2. The molecule has 11 heteroatoms. The van der Waals surface area contributed by atoms with E-state index in [-0.39, 0.29) is 18.2 Å². The number of sulfonamides is 1. The monoisotopic (exact) mass is 477 g/mol. The van der Waals surface area contributed by atoms with Gasteiger partial charge in [0.15, 0.2) is 11.0 Å². The normalized spacial score (nSPS) is 11.4. The van der Waals surface area contributed by atoms with Crippen LogP contribution in [0.25, 0.3) is 0 Å². The highest BCUT2D eigenvalue weighted by molar-refractivity contribution is 7.99. The molecule has 3 aromatic rings. The van der Waals surface area contributed by atoms with Crippen LogP contribution in [0.3, 0.4) is 0 Å². The Kier molecular flexibility index (Phi) is 7.19. The van der Waals surface area contributed by atoms with Gasteiger partial charge in [-0.3, -0.25) is 9.10 Å². The van der Waals surface area contributed by atoms with Gasteiger partial charge in [-0.05, 0) is 55.3 Å². The molecule has 0 saturated heterocycles. The predicted octanol–water partition coefficient (Wildman–Crippen LogP) is 3.27. The van der Waals surface area contributed by atoms with E-state index in [1.165, 1.54) is 36.0 Å². The molecular weight excluding hydrogens is 453 g/mol. The first-order chi connectivity index (χ1) is 15.0. The summed E-state index contributed by atoms with van der Waals surface area (Å²) < 4.78 is 40.6. The fraction of sp³-hybridized carbons (Fsp3) is 0.286. The molecule has 0 atom stereocenters. The van der Waals surface area contributed by atoms with E-state index < -0.39 is 15.8 Å². The number of aryl methyl sites for hydroxylation is 2. The first kappa shape index (κ1) is 23.7. The Hall–Kier alpha value is -2.92. The number of hydrogen-bond donors (Lipinski definition) is 1. The van der Waals surface area contributed by atoms with Crippen LogP contribution in [-0.2, 0) is 28.4 Å². The summed E-state index contributed by atoms with van der Waals surface area (Å²) >= 11 is 1.20. The highest BCUT2D eigenvalue weighted by atomic mass is 32.2. The van der Waals surface area contributed by atoms with Crippen LogP contribution >= 0.6 is 11.8 Å². The molecule has 1 heterocycles. The Labute approximate surface area is 190 Å². The van der Waals surface area contributed by atoms with E-state index >= 15 is 0 Å². The average molecular weight is 478 g/mol. The first-order valence-corrected chi connectivity index (χ1v) is 12.5. The van der Waals surface area contributed by atoms with Crippen molar-refractivity contribution in [2.45, 2.75) is 25.5 Å². The van der Waals surface area contributed by atoms with Gasteiger partial charge in [-0.1, -0.05) is 23.9 Å². The Morgan fingerprint density at radius 2 is 1.84 bits per heavy atom. The lowest BCUT2D eigenvalue weighted by atomic mass is 10.1. The Morgan fingerprint density at radius 1 is 1.16 bits per heavy atom. The largest absolute Gasteiger partial charge is 0.325 e. The summed E-state index contributed by atoms with van der Waals surface area (Å²) in [4.78, 5) is 12.4. The summed E-state index contributed by atoms with van der Waals surface area (Å²) in [5.74, 6) is -0.138. The van der Waals surface area contributed by atoms with Crippen LogP contribution < -0.4 is 9.62 Å². The number of hydrogen-bond acceptors (Lipinski definition) is 6. The lowest BCUT2D eigenvalue weighted by Gasteiger charge is -2.21. The fourth-order valence-corrected chi connectivity index (χ4v) is 4.52. The van der Waals surface area contributed by atoms with Gasteiger partial charge in [0.05, 0.1) is 24.2 Å². The van der Waals surface area contributed by atoms with E-state index in [1.807, 2.05) is 32.0 Å². The average Bonchev–Trinajstić information content (AvgIpc) is 3.07. The number of carbonyl (C=O) groups is 1. The highest BCUT2D eigenvalue weighted by Gasteiger charge is 2.22. The second-order valence-electron chi connectivity index (χ2n) is 7.36. The minimum Gasteiger partial charge on any atom is -0.325 e. The smallest absolute Gasteiger partial charge is 0.234 e. The van der Waals surface area contributed by atoms with Gasteiger partial charge in [0.1, 0.15) is 5.82 Å². The topological polar surface area (TPSA) is 97.2 Å². The zero-order valence-electron chi connectivity index (χ0n) is 18.2. The van der Waals surface area contributed by atoms with Gasteiger partial charge < -0.3 is 9.88 Å². The van der Waals surface area contributed by atoms with Gasteiger partial charge in [-0.25, -0.2) is 12.8 Å². The molecule has 0 radical (unpaired) electrons. The van der Waals surface area contributed by atoms with Crippen molar-refractivity contribution in [2.24, 2.45) is 7.05 Å². The second kappa shape index (κ2) is 9.70. The van der Waals surface area contributed by atoms with E-state index in [0.717, 1.165) is 27.4 Å². The molecule has 0 spiro atoms. The van der Waals surface area contributed by atoms with E-state index in [2.05, 4.69) is 15.5 Å². The molecule has 0 aliphatic heterocycles. The molecule has 0 fully saturated rings. The number of halogens is 1. The molecule has 1 amide bonds. The lowest BCUT2D eigenvalue weighted by Crippen LogP contribution is -2.30. The summed E-state index contributed by atoms with van der Waals surface area (Å²) in [6, 6.07) is 11.0. The minimum absolute atomic E-state index is 0.0801. The molecule has 0 unspecified atom stereocenters. The molecule has 0 aliphatic carbocycles. The number of nitrogens with one attached hydrogen (secondary N) is 1. The molecular formula is C21H24FN5O3S2. The van der Waals surface area contributed by atoms with Crippen molar-refractivity contribution in [3.8, 4) is 0 Å². The highest BCUT2D eigenvalue weighted by Crippen LogP contribution is 2.23. The Balaban J connectivity index is 1.69. The van der Waals surface area contributed by atoms with Crippen molar-refractivity contribution < 1.29 is 17.6 Å². The quantitative estimate of drug-likeness (QED) is 0.500. The van der Waals surface area contributed by atoms with E-state index in [4.69, 9.17) is 0 Å². The third kappa shape index (κ3) is 5.86. The number of nitrogens with zero attached hydrogens (tertiary/aromatic N) is 4. The van der Waals surface area contributed by atoms with Crippen LogP contribution in [0, 0.1) is 19.7 Å². The molecule has 2 aromatic carbocycles. The van der Waals surface area contributed by atoms with Crippen LogP contribution in [-0.4, -0.2) is 41.1 Å². The number of aromatic nitrogens is 3. The van der Waals surface area contributed by atoms with Crippen LogP contribution in [0.1, 0.15) is 17.0 Å². The van der Waals surface area contributed by atoms with E-state index in [9.17, 15) is 17.6 Å². The maximum atomic E-state index is 13.2. The van der Waals surface area contributed by atoms with Crippen LogP contribution in [0.15, 0.2) is 47.6 Å². The van der Waals surface area contributed by atoms with Crippen molar-refractivity contribution in [1.82, 2.24) is 14.8 Å². The maximum Gasteiger partial charge on any atom is 0.234 e.